The summed E-state index contributed by atoms with van der Waals surface area (Å²) in [7, 11) is 1.78. The van der Waals surface area contributed by atoms with Crippen LogP contribution in [-0.4, -0.2) is 23.0 Å². The monoisotopic (exact) mass is 363 g/mol. The number of hydrogen-bond donors (Lipinski definition) is 1. The molecule has 24 heavy (non-hydrogen) atoms. The minimum Gasteiger partial charge on any atom is -0.473 e. The summed E-state index contributed by atoms with van der Waals surface area (Å²) < 4.78 is 44.1. The van der Waals surface area contributed by atoms with Gasteiger partial charge in [-0.1, -0.05) is 30.3 Å². The number of alkyl halides is 3. The lowest BCUT2D eigenvalue weighted by Crippen LogP contribution is -2.12. The molecule has 1 aromatic carbocycles. The van der Waals surface area contributed by atoms with Crippen molar-refractivity contribution in [3.63, 3.8) is 0 Å². The number of rotatable bonds is 8. The first-order chi connectivity index (χ1) is 11.0. The van der Waals surface area contributed by atoms with E-state index in [1.165, 1.54) is 4.68 Å². The van der Waals surface area contributed by atoms with E-state index in [1.54, 1.807) is 13.1 Å². The molecule has 0 atom stereocenters. The Hall–Kier alpha value is -1.73. The van der Waals surface area contributed by atoms with Crippen molar-refractivity contribution < 1.29 is 17.9 Å². The van der Waals surface area contributed by atoms with Crippen LogP contribution in [0.1, 0.15) is 24.1 Å². The predicted molar refractivity (Wildman–Crippen MR) is 88.3 cm³/mol. The molecule has 0 amide bonds. The Balaban J connectivity index is 0.00000288. The smallest absolute Gasteiger partial charge is 0.389 e. The summed E-state index contributed by atoms with van der Waals surface area (Å²) in [5.74, 6) is 0.487. The summed E-state index contributed by atoms with van der Waals surface area (Å²) in [6, 6.07) is 11.3. The van der Waals surface area contributed by atoms with E-state index in [9.17, 15) is 13.2 Å². The van der Waals surface area contributed by atoms with E-state index in [4.69, 9.17) is 4.74 Å². The zero-order valence-corrected chi connectivity index (χ0v) is 14.2. The summed E-state index contributed by atoms with van der Waals surface area (Å²) >= 11 is 0. The fourth-order valence-electron chi connectivity index (χ4n) is 2.15. The van der Waals surface area contributed by atoms with Gasteiger partial charge in [0.15, 0.2) is 0 Å². The van der Waals surface area contributed by atoms with E-state index >= 15 is 0 Å². The molecule has 2 rings (SSSR count). The van der Waals surface area contributed by atoms with Crippen molar-refractivity contribution in [2.45, 2.75) is 38.7 Å². The molecule has 0 aliphatic carbocycles. The lowest BCUT2D eigenvalue weighted by atomic mass is 10.2. The van der Waals surface area contributed by atoms with Crippen molar-refractivity contribution in [3.05, 3.63) is 47.7 Å². The highest BCUT2D eigenvalue weighted by Gasteiger charge is 2.26. The Kier molecular flexibility index (Phi) is 8.07. The SMILES string of the molecule is CNCc1cc(OCc2ccccc2)n(CCCC(F)(F)F)n1.Cl. The molecule has 0 aliphatic rings. The molecule has 1 heterocycles. The minimum absolute atomic E-state index is 0. The summed E-state index contributed by atoms with van der Waals surface area (Å²) in [4.78, 5) is 0. The van der Waals surface area contributed by atoms with Crippen molar-refractivity contribution in [1.29, 1.82) is 0 Å². The van der Waals surface area contributed by atoms with Crippen molar-refractivity contribution in [2.75, 3.05) is 7.05 Å². The highest BCUT2D eigenvalue weighted by molar-refractivity contribution is 5.85. The lowest BCUT2D eigenvalue weighted by Gasteiger charge is -2.10. The first kappa shape index (κ1) is 20.3. The second-order valence-electron chi connectivity index (χ2n) is 5.22. The van der Waals surface area contributed by atoms with E-state index in [1.807, 2.05) is 30.3 Å². The van der Waals surface area contributed by atoms with Crippen molar-refractivity contribution in [1.82, 2.24) is 15.1 Å². The molecule has 0 aliphatic heterocycles. The molecule has 0 fully saturated rings. The molecule has 4 nitrogen and oxygen atoms in total. The van der Waals surface area contributed by atoms with Crippen LogP contribution in [0.4, 0.5) is 13.2 Å². The average Bonchev–Trinajstić information content (AvgIpc) is 2.87. The minimum atomic E-state index is -4.15. The highest BCUT2D eigenvalue weighted by Crippen LogP contribution is 2.23. The molecule has 134 valence electrons. The van der Waals surface area contributed by atoms with Gasteiger partial charge < -0.3 is 10.1 Å². The molecule has 0 spiro atoms. The van der Waals surface area contributed by atoms with Crippen LogP contribution >= 0.6 is 12.4 Å². The number of nitrogens with zero attached hydrogens (tertiary/aromatic N) is 2. The van der Waals surface area contributed by atoms with Crippen LogP contribution in [0.15, 0.2) is 36.4 Å². The predicted octanol–water partition coefficient (Wildman–Crippen LogP) is 3.95. The van der Waals surface area contributed by atoms with Gasteiger partial charge in [0.05, 0.1) is 5.69 Å². The number of ether oxygens (including phenoxy) is 1. The van der Waals surface area contributed by atoms with Crippen molar-refractivity contribution in [3.8, 4) is 5.88 Å². The van der Waals surface area contributed by atoms with Gasteiger partial charge in [0.25, 0.3) is 0 Å². The van der Waals surface area contributed by atoms with E-state index < -0.39 is 12.6 Å². The van der Waals surface area contributed by atoms with Gasteiger partial charge in [-0.15, -0.1) is 12.4 Å². The Morgan fingerprint density at radius 1 is 1.21 bits per heavy atom. The van der Waals surface area contributed by atoms with Crippen LogP contribution in [-0.2, 0) is 19.7 Å². The Bertz CT molecular complexity index is 602. The second-order valence-corrected chi connectivity index (χ2v) is 5.22. The van der Waals surface area contributed by atoms with E-state index in [0.717, 1.165) is 11.3 Å². The van der Waals surface area contributed by atoms with Gasteiger partial charge in [0.2, 0.25) is 5.88 Å². The third-order valence-corrected chi connectivity index (χ3v) is 3.21. The van der Waals surface area contributed by atoms with Gasteiger partial charge in [0.1, 0.15) is 6.61 Å². The first-order valence-corrected chi connectivity index (χ1v) is 7.43. The van der Waals surface area contributed by atoms with Gasteiger partial charge in [-0.3, -0.25) is 0 Å². The quantitative estimate of drug-likeness (QED) is 0.772. The normalized spacial score (nSPS) is 11.2. The van der Waals surface area contributed by atoms with E-state index in [-0.39, 0.29) is 25.4 Å². The molecule has 0 saturated carbocycles. The molecule has 8 heteroatoms. The van der Waals surface area contributed by atoms with E-state index in [2.05, 4.69) is 10.4 Å². The maximum Gasteiger partial charge on any atom is 0.389 e. The Morgan fingerprint density at radius 2 is 1.92 bits per heavy atom. The number of halogens is 4. The van der Waals surface area contributed by atoms with Crippen molar-refractivity contribution >= 4 is 12.4 Å². The molecule has 0 saturated heterocycles. The maximum absolute atomic E-state index is 12.3. The zero-order valence-electron chi connectivity index (χ0n) is 13.3. The van der Waals surface area contributed by atoms with Crippen LogP contribution in [0, 0.1) is 0 Å². The summed E-state index contributed by atoms with van der Waals surface area (Å²) in [6.45, 7) is 1.06. The number of hydrogen-bond acceptors (Lipinski definition) is 3. The van der Waals surface area contributed by atoms with Crippen LogP contribution in [0.3, 0.4) is 0 Å². The summed E-state index contributed by atoms with van der Waals surface area (Å²) in [6.07, 6.45) is -5.00. The average molecular weight is 364 g/mol. The molecule has 0 unspecified atom stereocenters. The van der Waals surface area contributed by atoms with Gasteiger partial charge in [0, 0.05) is 25.6 Å². The van der Waals surface area contributed by atoms with Gasteiger partial charge in [-0.25, -0.2) is 4.68 Å². The Morgan fingerprint density at radius 3 is 2.54 bits per heavy atom. The largest absolute Gasteiger partial charge is 0.473 e. The fourth-order valence-corrected chi connectivity index (χ4v) is 2.15. The van der Waals surface area contributed by atoms with E-state index in [0.29, 0.717) is 19.0 Å². The molecule has 1 aromatic heterocycles. The fraction of sp³-hybridized carbons (Fsp3) is 0.438. The molecular formula is C16H21ClF3N3O. The van der Waals surface area contributed by atoms with Crippen LogP contribution in [0.5, 0.6) is 5.88 Å². The van der Waals surface area contributed by atoms with Gasteiger partial charge in [-0.05, 0) is 19.0 Å². The number of aromatic nitrogens is 2. The maximum atomic E-state index is 12.3. The lowest BCUT2D eigenvalue weighted by molar-refractivity contribution is -0.136. The van der Waals surface area contributed by atoms with Crippen LogP contribution in [0.2, 0.25) is 0 Å². The molecule has 2 aromatic rings. The van der Waals surface area contributed by atoms with Crippen LogP contribution in [0.25, 0.3) is 0 Å². The number of aryl methyl sites for hydroxylation is 1. The first-order valence-electron chi connectivity index (χ1n) is 7.43. The third-order valence-electron chi connectivity index (χ3n) is 3.21. The van der Waals surface area contributed by atoms with Crippen LogP contribution < -0.4 is 10.1 Å². The molecule has 0 bridgehead atoms. The Labute approximate surface area is 145 Å². The number of benzene rings is 1. The topological polar surface area (TPSA) is 39.1 Å². The number of nitrogens with one attached hydrogen (secondary N) is 1. The third kappa shape index (κ3) is 6.80. The highest BCUT2D eigenvalue weighted by atomic mass is 35.5. The molecule has 0 radical (unpaired) electrons. The van der Waals surface area contributed by atoms with Crippen molar-refractivity contribution in [2.24, 2.45) is 0 Å². The summed E-state index contributed by atoms with van der Waals surface area (Å²) in [5, 5.41) is 7.26. The zero-order chi connectivity index (χ0) is 16.7. The molecule has 1 N–H and O–H groups in total. The second kappa shape index (κ2) is 9.54. The summed E-state index contributed by atoms with van der Waals surface area (Å²) in [5.41, 5.74) is 1.73. The standard InChI is InChI=1S/C16H20F3N3O.ClH/c1-20-11-14-10-15(23-12-13-6-3-2-4-7-13)22(21-14)9-5-8-16(17,18)19;/h2-4,6-7,10,20H,5,8-9,11-12H2,1H3;1H. The molecular weight excluding hydrogens is 343 g/mol. The van der Waals surface area contributed by atoms with Gasteiger partial charge >= 0.3 is 6.18 Å². The van der Waals surface area contributed by atoms with Gasteiger partial charge in [-0.2, -0.15) is 18.3 Å².